The molecule has 12 heteroatoms. The van der Waals surface area contributed by atoms with Crippen molar-refractivity contribution in [3.8, 4) is 11.5 Å². The van der Waals surface area contributed by atoms with E-state index in [-0.39, 0.29) is 13.0 Å². The third-order valence-corrected chi connectivity index (χ3v) is 5.63. The molecular formula is C21H18F3NO7S. The number of carboxylic acids is 1. The van der Waals surface area contributed by atoms with Gasteiger partial charge in [-0.25, -0.2) is 8.42 Å². The van der Waals surface area contributed by atoms with Crippen LogP contribution in [-0.4, -0.2) is 37.3 Å². The number of hydrogen-bond acceptors (Lipinski definition) is 7. The van der Waals surface area contributed by atoms with Gasteiger partial charge in [-0.1, -0.05) is 23.4 Å². The fourth-order valence-corrected chi connectivity index (χ4v) is 3.91. The molecule has 176 valence electrons. The number of aliphatic carboxylic acids is 1. The van der Waals surface area contributed by atoms with Crippen molar-refractivity contribution in [2.24, 2.45) is 0 Å². The molecule has 0 bridgehead atoms. The molecule has 1 unspecified atom stereocenters. The first-order chi connectivity index (χ1) is 15.4. The van der Waals surface area contributed by atoms with Crippen molar-refractivity contribution in [2.45, 2.75) is 30.2 Å². The standard InChI is InChI=1S/C21H18F3NO7S/c1-33(28,29)19-10-13(2-7-18(19)32-21(22,23)24)12-30-15-5-3-14(4-6-15)16(11-20(26)27)17-8-9-31-25-17/h2-10,16H,11-12H2,1H3,(H,26,27). The lowest BCUT2D eigenvalue weighted by molar-refractivity contribution is -0.275. The summed E-state index contributed by atoms with van der Waals surface area (Å²) < 4.78 is 75.6. The quantitative estimate of drug-likeness (QED) is 0.480. The van der Waals surface area contributed by atoms with Crippen LogP contribution in [-0.2, 0) is 21.2 Å². The molecule has 3 aromatic rings. The predicted molar refractivity (Wildman–Crippen MR) is 108 cm³/mol. The normalized spacial score (nSPS) is 12.8. The lowest BCUT2D eigenvalue weighted by atomic mass is 9.92. The van der Waals surface area contributed by atoms with Crippen LogP contribution in [0.4, 0.5) is 13.2 Å². The maximum Gasteiger partial charge on any atom is 0.573 e. The minimum Gasteiger partial charge on any atom is -0.489 e. The first kappa shape index (κ1) is 24.1. The summed E-state index contributed by atoms with van der Waals surface area (Å²) in [6.45, 7) is -0.129. The molecule has 1 aromatic heterocycles. The van der Waals surface area contributed by atoms with Gasteiger partial charge >= 0.3 is 12.3 Å². The highest BCUT2D eigenvalue weighted by Crippen LogP contribution is 2.31. The summed E-state index contributed by atoms with van der Waals surface area (Å²) in [5.74, 6) is -1.99. The summed E-state index contributed by atoms with van der Waals surface area (Å²) in [5.41, 5.74) is 1.42. The zero-order chi connectivity index (χ0) is 24.2. The average Bonchev–Trinajstić information content (AvgIpc) is 3.24. The van der Waals surface area contributed by atoms with E-state index in [1.54, 1.807) is 30.3 Å². The molecule has 0 saturated heterocycles. The van der Waals surface area contributed by atoms with Gasteiger partial charge in [0, 0.05) is 18.2 Å². The smallest absolute Gasteiger partial charge is 0.489 e. The van der Waals surface area contributed by atoms with Gasteiger partial charge in [0.25, 0.3) is 0 Å². The number of nitrogens with zero attached hydrogens (tertiary/aromatic N) is 1. The molecule has 8 nitrogen and oxygen atoms in total. The van der Waals surface area contributed by atoms with E-state index in [1.807, 2.05) is 0 Å². The molecule has 1 heterocycles. The maximum atomic E-state index is 12.5. The van der Waals surface area contributed by atoms with E-state index in [0.29, 0.717) is 22.6 Å². The average molecular weight is 485 g/mol. The van der Waals surface area contributed by atoms with Gasteiger partial charge in [-0.2, -0.15) is 0 Å². The molecule has 0 aliphatic carbocycles. The molecule has 3 rings (SSSR count). The van der Waals surface area contributed by atoms with Crippen LogP contribution in [0.1, 0.15) is 29.2 Å². The predicted octanol–water partition coefficient (Wildman–Crippen LogP) is 4.16. The van der Waals surface area contributed by atoms with Gasteiger partial charge in [0.15, 0.2) is 9.84 Å². The number of carboxylic acid groups (broad SMARTS) is 1. The first-order valence-corrected chi connectivity index (χ1v) is 11.2. The third kappa shape index (κ3) is 6.72. The molecule has 33 heavy (non-hydrogen) atoms. The van der Waals surface area contributed by atoms with Crippen LogP contribution in [0.15, 0.2) is 64.2 Å². The summed E-state index contributed by atoms with van der Waals surface area (Å²) in [6, 6.07) is 11.3. The number of benzene rings is 2. The van der Waals surface area contributed by atoms with E-state index in [9.17, 15) is 31.5 Å². The van der Waals surface area contributed by atoms with Crippen molar-refractivity contribution >= 4 is 15.8 Å². The Labute approximate surface area is 186 Å². The largest absolute Gasteiger partial charge is 0.573 e. The lowest BCUT2D eigenvalue weighted by Crippen LogP contribution is -2.19. The van der Waals surface area contributed by atoms with Crippen molar-refractivity contribution in [1.82, 2.24) is 5.16 Å². The lowest BCUT2D eigenvalue weighted by Gasteiger charge is -2.15. The molecule has 0 saturated carbocycles. The van der Waals surface area contributed by atoms with Crippen LogP contribution in [0.25, 0.3) is 0 Å². The van der Waals surface area contributed by atoms with E-state index in [1.165, 1.54) is 12.3 Å². The first-order valence-electron chi connectivity index (χ1n) is 9.36. The van der Waals surface area contributed by atoms with Crippen LogP contribution in [0.3, 0.4) is 0 Å². The second-order valence-corrected chi connectivity index (χ2v) is 9.02. The number of hydrogen-bond donors (Lipinski definition) is 1. The molecule has 2 aromatic carbocycles. The molecule has 1 N–H and O–H groups in total. The van der Waals surface area contributed by atoms with Gasteiger partial charge in [-0.05, 0) is 35.4 Å². The SMILES string of the molecule is CS(=O)(=O)c1cc(COc2ccc(C(CC(=O)O)c3ccon3)cc2)ccc1OC(F)(F)F. The Morgan fingerprint density at radius 1 is 1.15 bits per heavy atom. The van der Waals surface area contributed by atoms with Crippen molar-refractivity contribution in [1.29, 1.82) is 0 Å². The maximum absolute atomic E-state index is 12.5. The van der Waals surface area contributed by atoms with Crippen molar-refractivity contribution < 1.29 is 45.5 Å². The molecule has 0 spiro atoms. The highest BCUT2D eigenvalue weighted by molar-refractivity contribution is 7.90. The topological polar surface area (TPSA) is 116 Å². The Morgan fingerprint density at radius 3 is 2.39 bits per heavy atom. The second-order valence-electron chi connectivity index (χ2n) is 7.03. The molecule has 0 amide bonds. The zero-order valence-electron chi connectivity index (χ0n) is 17.1. The fourth-order valence-electron chi connectivity index (χ4n) is 3.07. The van der Waals surface area contributed by atoms with Crippen molar-refractivity contribution in [3.05, 3.63) is 71.6 Å². The molecule has 1 atom stereocenters. The van der Waals surface area contributed by atoms with Crippen molar-refractivity contribution in [2.75, 3.05) is 6.26 Å². The minimum atomic E-state index is -5.04. The Hall–Kier alpha value is -3.54. The van der Waals surface area contributed by atoms with Crippen LogP contribution in [0, 0.1) is 0 Å². The van der Waals surface area contributed by atoms with Crippen LogP contribution in [0.2, 0.25) is 0 Å². The molecule has 0 aliphatic heterocycles. The summed E-state index contributed by atoms with van der Waals surface area (Å²) >= 11 is 0. The van der Waals surface area contributed by atoms with E-state index in [0.717, 1.165) is 18.4 Å². The summed E-state index contributed by atoms with van der Waals surface area (Å²) in [4.78, 5) is 10.6. The fraction of sp³-hybridized carbons (Fsp3) is 0.238. The van der Waals surface area contributed by atoms with E-state index in [4.69, 9.17) is 9.26 Å². The highest BCUT2D eigenvalue weighted by atomic mass is 32.2. The van der Waals surface area contributed by atoms with Gasteiger partial charge in [0.05, 0.1) is 12.1 Å². The number of alkyl halides is 3. The molecule has 0 fully saturated rings. The highest BCUT2D eigenvalue weighted by Gasteiger charge is 2.33. The van der Waals surface area contributed by atoms with Crippen LogP contribution < -0.4 is 9.47 Å². The zero-order valence-corrected chi connectivity index (χ0v) is 17.9. The number of ether oxygens (including phenoxy) is 2. The number of aromatic nitrogens is 1. The minimum absolute atomic E-state index is 0.129. The van der Waals surface area contributed by atoms with Crippen LogP contribution >= 0.6 is 0 Å². The van der Waals surface area contributed by atoms with Crippen LogP contribution in [0.5, 0.6) is 11.5 Å². The van der Waals surface area contributed by atoms with Gasteiger partial charge in [0.2, 0.25) is 0 Å². The number of rotatable bonds is 9. The summed E-state index contributed by atoms with van der Waals surface area (Å²) in [5, 5.41) is 13.0. The third-order valence-electron chi connectivity index (χ3n) is 4.51. The molecule has 0 radical (unpaired) electrons. The van der Waals surface area contributed by atoms with E-state index in [2.05, 4.69) is 9.89 Å². The number of carbonyl (C=O) groups is 1. The Bertz CT molecular complexity index is 1210. The van der Waals surface area contributed by atoms with Gasteiger partial charge in [-0.3, -0.25) is 4.79 Å². The Balaban J connectivity index is 1.75. The molecule has 0 aliphatic rings. The summed E-state index contributed by atoms with van der Waals surface area (Å²) in [7, 11) is -4.00. The van der Waals surface area contributed by atoms with E-state index >= 15 is 0 Å². The summed E-state index contributed by atoms with van der Waals surface area (Å²) in [6.07, 6.45) is -3.12. The Kier molecular flexibility index (Phi) is 6.96. The van der Waals surface area contributed by atoms with Gasteiger partial charge < -0.3 is 19.1 Å². The monoisotopic (exact) mass is 485 g/mol. The number of sulfone groups is 1. The van der Waals surface area contributed by atoms with E-state index < -0.39 is 38.7 Å². The molecular weight excluding hydrogens is 467 g/mol. The number of halogens is 3. The van der Waals surface area contributed by atoms with Gasteiger partial charge in [-0.15, -0.1) is 13.2 Å². The van der Waals surface area contributed by atoms with Crippen molar-refractivity contribution in [3.63, 3.8) is 0 Å². The Morgan fingerprint density at radius 2 is 1.85 bits per heavy atom. The van der Waals surface area contributed by atoms with Gasteiger partial charge in [0.1, 0.15) is 29.3 Å². The second kappa shape index (κ2) is 9.53.